The summed E-state index contributed by atoms with van der Waals surface area (Å²) in [6, 6.07) is 26.2. The second-order valence-electron chi connectivity index (χ2n) is 19.6. The fourth-order valence-corrected chi connectivity index (χ4v) is 10.3. The average molecular weight is 995 g/mol. The van der Waals surface area contributed by atoms with Gasteiger partial charge >= 0.3 is 6.18 Å². The topological polar surface area (TPSA) is 217 Å². The van der Waals surface area contributed by atoms with Crippen molar-refractivity contribution in [2.24, 2.45) is 17.1 Å². The number of hydrogen-bond acceptors (Lipinski definition) is 13. The highest BCUT2D eigenvalue weighted by Gasteiger charge is 2.40. The first kappa shape index (κ1) is 49.1. The van der Waals surface area contributed by atoms with Gasteiger partial charge in [0, 0.05) is 81.7 Å². The SMILES string of the molecule is C1=C(c2cccc(-c3[nH]nc4ncccc34)n2)CCNC1.CC(C)CC1(C)CN(c2ccc(C(F)(F)F)c(-c3[nH]nc4ncccc34)n2)CCC1N.[HH].[HH].[HH].c1cc(-c2[nH]nc3ncccc23)nc(C2CCNCC2)c1. The van der Waals surface area contributed by atoms with Crippen molar-refractivity contribution in [3.05, 3.63) is 127 Å². The van der Waals surface area contributed by atoms with Gasteiger partial charge in [0.25, 0.3) is 0 Å². The third kappa shape index (κ3) is 10.8. The molecule has 0 saturated carbocycles. The number of fused-ring (bicyclic) bond motifs is 3. The van der Waals surface area contributed by atoms with Crippen LogP contribution in [0.5, 0.6) is 0 Å². The summed E-state index contributed by atoms with van der Waals surface area (Å²) in [7, 11) is 0. The van der Waals surface area contributed by atoms with Gasteiger partial charge < -0.3 is 21.3 Å². The molecule has 3 aliphatic rings. The number of alkyl halides is 3. The fraction of sp³-hybridized carbons (Fsp3) is 0.352. The van der Waals surface area contributed by atoms with Crippen molar-refractivity contribution in [2.45, 2.75) is 71.0 Å². The molecule has 2 unspecified atom stereocenters. The molecule has 19 heteroatoms. The van der Waals surface area contributed by atoms with Crippen LogP contribution >= 0.6 is 0 Å². The van der Waals surface area contributed by atoms with Crippen molar-refractivity contribution in [3.63, 3.8) is 0 Å². The first-order valence-corrected chi connectivity index (χ1v) is 24.9. The monoisotopic (exact) mass is 995 g/mol. The van der Waals surface area contributed by atoms with E-state index in [9.17, 15) is 13.2 Å². The highest BCUT2D eigenvalue weighted by Crippen LogP contribution is 2.41. The van der Waals surface area contributed by atoms with Gasteiger partial charge in [0.1, 0.15) is 11.5 Å². The molecule has 2 saturated heterocycles. The van der Waals surface area contributed by atoms with Crippen LogP contribution in [0.1, 0.15) is 80.0 Å². The van der Waals surface area contributed by atoms with Crippen molar-refractivity contribution in [1.29, 1.82) is 0 Å². The number of piperidine rings is 2. The number of nitrogens with zero attached hydrogens (tertiary/aromatic N) is 10. The molecule has 0 bridgehead atoms. The molecule has 0 aromatic carbocycles. The van der Waals surface area contributed by atoms with Gasteiger partial charge in [0.2, 0.25) is 0 Å². The van der Waals surface area contributed by atoms with Crippen LogP contribution in [-0.2, 0) is 6.18 Å². The fourth-order valence-electron chi connectivity index (χ4n) is 10.3. The summed E-state index contributed by atoms with van der Waals surface area (Å²) >= 11 is 0. The van der Waals surface area contributed by atoms with Gasteiger partial charge in [-0.05, 0) is 136 Å². The number of aromatic amines is 3. The van der Waals surface area contributed by atoms with Gasteiger partial charge in [-0.15, -0.1) is 0 Å². The molecule has 0 amide bonds. The number of anilines is 1. The molecule has 9 aromatic heterocycles. The van der Waals surface area contributed by atoms with E-state index in [0.717, 1.165) is 115 Å². The number of nitrogens with one attached hydrogen (secondary N) is 5. The first-order valence-electron chi connectivity index (χ1n) is 24.9. The summed E-state index contributed by atoms with van der Waals surface area (Å²) in [5, 5.41) is 30.6. The highest BCUT2D eigenvalue weighted by molar-refractivity contribution is 5.92. The summed E-state index contributed by atoms with van der Waals surface area (Å²) in [6.45, 7) is 11.8. The maximum Gasteiger partial charge on any atom is 0.418 e. The third-order valence-corrected chi connectivity index (χ3v) is 13.9. The summed E-state index contributed by atoms with van der Waals surface area (Å²) in [4.78, 5) is 28.8. The van der Waals surface area contributed by atoms with Crippen molar-refractivity contribution in [1.82, 2.24) is 71.1 Å². The van der Waals surface area contributed by atoms with Crippen molar-refractivity contribution in [2.75, 3.05) is 44.2 Å². The molecule has 16 nitrogen and oxygen atoms in total. The predicted molar refractivity (Wildman–Crippen MR) is 285 cm³/mol. The Bertz CT molecular complexity index is 3370. The maximum atomic E-state index is 13.8. The second kappa shape index (κ2) is 21.3. The van der Waals surface area contributed by atoms with Gasteiger partial charge in [-0.3, -0.25) is 20.3 Å². The number of aromatic nitrogens is 12. The largest absolute Gasteiger partial charge is 0.418 e. The van der Waals surface area contributed by atoms with Crippen molar-refractivity contribution < 1.29 is 17.5 Å². The zero-order valence-electron chi connectivity index (χ0n) is 41.1. The molecular weight excluding hydrogens is 930 g/mol. The lowest BCUT2D eigenvalue weighted by Crippen LogP contribution is -2.54. The minimum atomic E-state index is -4.54. The molecule has 2 atom stereocenters. The molecule has 9 aromatic rings. The summed E-state index contributed by atoms with van der Waals surface area (Å²) in [5.74, 6) is 1.53. The average Bonchev–Trinajstić information content (AvgIpc) is 4.19. The van der Waals surface area contributed by atoms with E-state index in [0.29, 0.717) is 41.8 Å². The van der Waals surface area contributed by atoms with Gasteiger partial charge in [-0.2, -0.15) is 28.5 Å². The maximum absolute atomic E-state index is 13.8. The Hall–Kier alpha value is -7.48. The van der Waals surface area contributed by atoms with Crippen LogP contribution in [0.25, 0.3) is 72.8 Å². The zero-order chi connectivity index (χ0) is 50.5. The number of H-pyrrole nitrogens is 3. The van der Waals surface area contributed by atoms with Gasteiger partial charge in [-0.1, -0.05) is 39.0 Å². The molecule has 2 fully saturated rings. The van der Waals surface area contributed by atoms with E-state index in [1.807, 2.05) is 47.4 Å². The van der Waals surface area contributed by atoms with Gasteiger partial charge in [0.05, 0.1) is 39.7 Å². The molecule has 7 N–H and O–H groups in total. The number of nitrogens with two attached hydrogens (primary N) is 1. The van der Waals surface area contributed by atoms with Crippen LogP contribution in [0.4, 0.5) is 19.0 Å². The molecule has 0 spiro atoms. The molecule has 382 valence electrons. The lowest BCUT2D eigenvalue weighted by molar-refractivity contribution is -0.137. The Balaban J connectivity index is 0.000000167. The number of halogens is 3. The van der Waals surface area contributed by atoms with Crippen LogP contribution in [0, 0.1) is 11.3 Å². The molecule has 0 aliphatic carbocycles. The van der Waals surface area contributed by atoms with E-state index in [2.05, 4.69) is 106 Å². The second-order valence-corrected chi connectivity index (χ2v) is 19.6. The van der Waals surface area contributed by atoms with E-state index in [4.69, 9.17) is 15.7 Å². The van der Waals surface area contributed by atoms with E-state index < -0.39 is 11.7 Å². The molecule has 0 radical (unpaired) electrons. The summed E-state index contributed by atoms with van der Waals surface area (Å²) < 4.78 is 41.4. The van der Waals surface area contributed by atoms with Crippen LogP contribution < -0.4 is 21.3 Å². The molecule has 12 rings (SSSR count). The minimum Gasteiger partial charge on any atom is -0.356 e. The third-order valence-electron chi connectivity index (χ3n) is 13.9. The molecular formula is C54H65F3N16. The van der Waals surface area contributed by atoms with Crippen LogP contribution in [-0.4, -0.2) is 106 Å². The number of rotatable bonds is 8. The quantitative estimate of drug-likeness (QED) is 0.0836. The van der Waals surface area contributed by atoms with Crippen molar-refractivity contribution in [3.8, 4) is 34.2 Å². The predicted octanol–water partition coefficient (Wildman–Crippen LogP) is 10.2. The Morgan fingerprint density at radius 2 is 1.27 bits per heavy atom. The van der Waals surface area contributed by atoms with E-state index in [1.54, 1.807) is 30.7 Å². The smallest absolute Gasteiger partial charge is 0.356 e. The lowest BCUT2D eigenvalue weighted by Gasteiger charge is -2.46. The molecule has 12 heterocycles. The normalized spacial score (nSPS) is 18.6. The van der Waals surface area contributed by atoms with Gasteiger partial charge in [-0.25, -0.2) is 24.9 Å². The summed E-state index contributed by atoms with van der Waals surface area (Å²) in [6.07, 6.45) is 7.74. The van der Waals surface area contributed by atoms with Crippen LogP contribution in [0.2, 0.25) is 0 Å². The Morgan fingerprint density at radius 1 is 0.685 bits per heavy atom. The number of hydrogen-bond donors (Lipinski definition) is 6. The standard InChI is InChI=1S/C22H27F3N6.C16H17N5.C16H15N5.3H2/c1-13(2)11-21(3)12-31(10-8-16(21)26)17-7-6-15(22(23,24)25)19(28-17)18-14-5-4-9-27-20(14)30-29-18;2*1-4-13(11-6-9-17-10-7-11)19-14(5-1)15-12-3-2-8-18-16(12)21-20-15;;;/h4-7,9,13,16H,8,10-12,26H2,1-3H3,(H,27,29,30);1-5,8,11,17H,6-7,9-10H2,(H,18,20,21);1-6,8,17H,7,9-10H2,(H,18,20,21);3*1H. The van der Waals surface area contributed by atoms with Gasteiger partial charge in [0.15, 0.2) is 16.9 Å². The number of pyridine rings is 6. The van der Waals surface area contributed by atoms with E-state index in [-0.39, 0.29) is 27.1 Å². The zero-order valence-corrected chi connectivity index (χ0v) is 41.1. The molecule has 3 aliphatic heterocycles. The summed E-state index contributed by atoms with van der Waals surface area (Å²) in [5.41, 5.74) is 14.6. The van der Waals surface area contributed by atoms with Crippen molar-refractivity contribution >= 4 is 44.5 Å². The van der Waals surface area contributed by atoms with Crippen LogP contribution in [0.3, 0.4) is 0 Å². The highest BCUT2D eigenvalue weighted by atomic mass is 19.4. The first-order chi connectivity index (χ1) is 35.4. The van der Waals surface area contributed by atoms with Crippen LogP contribution in [0.15, 0.2) is 110 Å². The lowest BCUT2D eigenvalue weighted by atomic mass is 9.72. The molecule has 73 heavy (non-hydrogen) atoms. The Morgan fingerprint density at radius 3 is 1.88 bits per heavy atom. The Kier molecular flexibility index (Phi) is 14.3. The van der Waals surface area contributed by atoms with E-state index in [1.165, 1.54) is 17.3 Å². The van der Waals surface area contributed by atoms with E-state index >= 15 is 0 Å². The minimum absolute atomic E-state index is 0. The Labute approximate surface area is 424 Å².